The molecule has 1 aliphatic heterocycles. The minimum atomic E-state index is -5.08. The Hall–Kier alpha value is -2.78. The van der Waals surface area contributed by atoms with Crippen LogP contribution in [0.3, 0.4) is 0 Å². The maximum atomic E-state index is 12.4. The molecule has 1 aromatic heterocycles. The summed E-state index contributed by atoms with van der Waals surface area (Å²) in [5.41, 5.74) is 10.1. The van der Waals surface area contributed by atoms with E-state index in [4.69, 9.17) is 20.4 Å². The van der Waals surface area contributed by atoms with Crippen LogP contribution in [0.2, 0.25) is 0 Å². The van der Waals surface area contributed by atoms with Gasteiger partial charge in [0.15, 0.2) is 0 Å². The number of pyridine rings is 1. The number of hydrogen-bond donors (Lipinski definition) is 3. The zero-order valence-corrected chi connectivity index (χ0v) is 18.5. The summed E-state index contributed by atoms with van der Waals surface area (Å²) < 4.78 is 75.7. The van der Waals surface area contributed by atoms with Gasteiger partial charge in [0.2, 0.25) is 21.8 Å². The van der Waals surface area contributed by atoms with E-state index in [1.807, 2.05) is 0 Å². The Morgan fingerprint density at radius 1 is 1.24 bits per heavy atom. The fourth-order valence-corrected chi connectivity index (χ4v) is 3.62. The van der Waals surface area contributed by atoms with Crippen molar-refractivity contribution in [1.82, 2.24) is 9.29 Å². The minimum absolute atomic E-state index is 0.0157. The first-order valence-electron chi connectivity index (χ1n) is 9.39. The fraction of sp³-hybridized carbons (Fsp3) is 0.500. The van der Waals surface area contributed by atoms with E-state index in [1.165, 1.54) is 29.6 Å². The molecule has 0 atom stereocenters. The third-order valence-electron chi connectivity index (χ3n) is 3.73. The van der Waals surface area contributed by atoms with E-state index in [2.05, 4.69) is 10.7 Å². The number of carboxylic acid groups (broad SMARTS) is 1. The molecule has 188 valence electrons. The van der Waals surface area contributed by atoms with Crippen LogP contribution in [0.4, 0.5) is 17.6 Å². The quantitative estimate of drug-likeness (QED) is 0.493. The summed E-state index contributed by atoms with van der Waals surface area (Å²) in [6.45, 7) is 2.43. The van der Waals surface area contributed by atoms with Gasteiger partial charge in [-0.25, -0.2) is 22.6 Å². The van der Waals surface area contributed by atoms with E-state index in [1.54, 1.807) is 0 Å². The topological polar surface area (TPSA) is 166 Å². The van der Waals surface area contributed by atoms with Crippen molar-refractivity contribution in [3.63, 3.8) is 0 Å². The summed E-state index contributed by atoms with van der Waals surface area (Å²) in [5.74, 6) is -2.86. The molecule has 1 aromatic rings. The van der Waals surface area contributed by atoms with Crippen LogP contribution in [0.1, 0.15) is 26.2 Å². The van der Waals surface area contributed by atoms with Crippen LogP contribution < -0.4 is 16.2 Å². The molecule has 1 amide bonds. The van der Waals surface area contributed by atoms with Crippen molar-refractivity contribution in [1.29, 1.82) is 0 Å². The molecule has 0 unspecified atom stereocenters. The van der Waals surface area contributed by atoms with Crippen LogP contribution in [0, 0.1) is 0 Å². The number of carboxylic acids is 1. The Balaban J connectivity index is 0.000000776. The summed E-state index contributed by atoms with van der Waals surface area (Å²) in [4.78, 5) is 22.2. The van der Waals surface area contributed by atoms with Crippen LogP contribution in [-0.2, 0) is 19.6 Å². The van der Waals surface area contributed by atoms with E-state index in [0.717, 1.165) is 19.3 Å². The molecule has 0 saturated carbocycles. The molecule has 15 heteroatoms. The van der Waals surface area contributed by atoms with Gasteiger partial charge >= 0.3 is 12.1 Å². The lowest BCUT2D eigenvalue weighted by Gasteiger charge is -2.25. The molecule has 0 bridgehead atoms. The second-order valence-electron chi connectivity index (χ2n) is 6.47. The van der Waals surface area contributed by atoms with Crippen LogP contribution in [0.15, 0.2) is 35.1 Å². The predicted octanol–water partition coefficient (Wildman–Crippen LogP) is 1.57. The molecule has 0 aliphatic carbocycles. The highest BCUT2D eigenvalue weighted by Gasteiger charge is 2.38. The highest BCUT2D eigenvalue weighted by molar-refractivity contribution is 7.89. The second kappa shape index (κ2) is 14.4. The molecule has 1 saturated heterocycles. The second-order valence-corrected chi connectivity index (χ2v) is 8.41. The Labute approximate surface area is 188 Å². The molecular weight excluding hydrogens is 476 g/mol. The van der Waals surface area contributed by atoms with Gasteiger partial charge in [0, 0.05) is 38.2 Å². The van der Waals surface area contributed by atoms with Gasteiger partial charge < -0.3 is 21.3 Å². The number of halogens is 4. The molecule has 33 heavy (non-hydrogen) atoms. The smallest absolute Gasteiger partial charge is 0.475 e. The lowest BCUT2D eigenvalue weighted by atomic mass is 10.2. The van der Waals surface area contributed by atoms with Crippen molar-refractivity contribution in [3.05, 3.63) is 30.2 Å². The lowest BCUT2D eigenvalue weighted by molar-refractivity contribution is -0.192. The van der Waals surface area contributed by atoms with E-state index >= 15 is 0 Å². The molecule has 5 N–H and O–H groups in total. The maximum Gasteiger partial charge on any atom is 0.490 e. The number of primary amides is 1. The number of aliphatic carboxylic acids is 1. The standard InChI is InChI=1S/C14H20FN3O3S.C2HF3O2.C2H5NO/c15-8-12(9-16)11-21-14-5-4-13(10-17-14)22(19,20)18-6-2-1-3-7-18;3-2(4,5)1(6)7;1-2(3)4/h4-5,8,10H,1-3,6-7,9,11,16H2;(H,6,7);1H3,(H2,3,4)/b12-8+;;. The van der Waals surface area contributed by atoms with Gasteiger partial charge in [0.05, 0.1) is 12.5 Å². The van der Waals surface area contributed by atoms with E-state index < -0.39 is 22.2 Å². The molecule has 1 fully saturated rings. The molecule has 1 aliphatic rings. The Bertz CT molecular complexity index is 882. The summed E-state index contributed by atoms with van der Waals surface area (Å²) >= 11 is 0. The zero-order chi connectivity index (χ0) is 25.7. The first-order valence-corrected chi connectivity index (χ1v) is 10.8. The monoisotopic (exact) mass is 502 g/mol. The average Bonchev–Trinajstić information content (AvgIpc) is 2.75. The number of alkyl halides is 3. The first kappa shape index (κ1) is 30.2. The number of nitrogens with two attached hydrogens (primary N) is 2. The molecule has 2 rings (SSSR count). The number of rotatable bonds is 6. The van der Waals surface area contributed by atoms with Crippen molar-refractivity contribution in [2.45, 2.75) is 37.3 Å². The summed E-state index contributed by atoms with van der Waals surface area (Å²) in [6.07, 6.45) is -0.602. The SMILES string of the molecule is CC(N)=O.NC/C(=C\F)COc1ccc(S(=O)(=O)N2CCCCC2)cn1.O=C(O)C(F)(F)F. The van der Waals surface area contributed by atoms with Crippen LogP contribution >= 0.6 is 0 Å². The summed E-state index contributed by atoms with van der Waals surface area (Å²) in [5, 5.41) is 7.12. The van der Waals surface area contributed by atoms with E-state index in [0.29, 0.717) is 25.0 Å². The van der Waals surface area contributed by atoms with Gasteiger partial charge in [0.25, 0.3) is 0 Å². The first-order chi connectivity index (χ1) is 15.2. The largest absolute Gasteiger partial charge is 0.490 e. The van der Waals surface area contributed by atoms with Gasteiger partial charge in [-0.3, -0.25) is 4.79 Å². The number of sulfonamides is 1. The average molecular weight is 502 g/mol. The number of amides is 1. The van der Waals surface area contributed by atoms with Crippen molar-refractivity contribution in [3.8, 4) is 5.88 Å². The minimum Gasteiger partial charge on any atom is -0.475 e. The normalized spacial score (nSPS) is 14.8. The molecule has 2 heterocycles. The number of hydrogen-bond acceptors (Lipinski definition) is 7. The van der Waals surface area contributed by atoms with Crippen LogP contribution in [0.25, 0.3) is 0 Å². The molecule has 0 radical (unpaired) electrons. The highest BCUT2D eigenvalue weighted by atomic mass is 32.2. The number of aromatic nitrogens is 1. The Kier molecular flexibility index (Phi) is 13.2. The number of carbonyl (C=O) groups is 2. The predicted molar refractivity (Wildman–Crippen MR) is 109 cm³/mol. The highest BCUT2D eigenvalue weighted by Crippen LogP contribution is 2.21. The van der Waals surface area contributed by atoms with Crippen LogP contribution in [0.5, 0.6) is 5.88 Å². The number of piperidine rings is 1. The lowest BCUT2D eigenvalue weighted by Crippen LogP contribution is -2.35. The van der Waals surface area contributed by atoms with Gasteiger partial charge in [-0.05, 0) is 18.9 Å². The van der Waals surface area contributed by atoms with Gasteiger partial charge in [0.1, 0.15) is 11.5 Å². The van der Waals surface area contributed by atoms with Gasteiger partial charge in [-0.1, -0.05) is 6.42 Å². The zero-order valence-electron chi connectivity index (χ0n) is 17.7. The van der Waals surface area contributed by atoms with Gasteiger partial charge in [-0.2, -0.15) is 17.5 Å². The number of ether oxygens (including phenoxy) is 1. The molecule has 0 spiro atoms. The summed E-state index contributed by atoms with van der Waals surface area (Å²) in [6, 6.07) is 2.91. The van der Waals surface area contributed by atoms with E-state index in [-0.39, 0.29) is 29.8 Å². The van der Waals surface area contributed by atoms with E-state index in [9.17, 15) is 30.8 Å². The van der Waals surface area contributed by atoms with Crippen molar-refractivity contribution < 1.29 is 45.4 Å². The van der Waals surface area contributed by atoms with Crippen molar-refractivity contribution in [2.75, 3.05) is 26.2 Å². The summed E-state index contributed by atoms with van der Waals surface area (Å²) in [7, 11) is -3.50. The Morgan fingerprint density at radius 3 is 2.12 bits per heavy atom. The van der Waals surface area contributed by atoms with Gasteiger partial charge in [-0.15, -0.1) is 0 Å². The van der Waals surface area contributed by atoms with Crippen molar-refractivity contribution in [2.24, 2.45) is 11.5 Å². The third kappa shape index (κ3) is 12.1. The third-order valence-corrected chi connectivity index (χ3v) is 5.61. The maximum absolute atomic E-state index is 12.4. The number of carbonyl (C=O) groups excluding carboxylic acids is 1. The number of nitrogens with zero attached hydrogens (tertiary/aromatic N) is 2. The van der Waals surface area contributed by atoms with Crippen molar-refractivity contribution >= 4 is 21.9 Å². The van der Waals surface area contributed by atoms with Crippen LogP contribution in [-0.4, -0.2) is 67.1 Å². The Morgan fingerprint density at radius 2 is 1.76 bits per heavy atom. The fourth-order valence-electron chi connectivity index (χ4n) is 2.16. The molecule has 10 nitrogen and oxygen atoms in total. The molecule has 0 aromatic carbocycles. The molecular formula is C18H26F4N4O6S.